The maximum Gasteiger partial charge on any atom is 0.323 e. The highest BCUT2D eigenvalue weighted by Crippen LogP contribution is 2.16. The van der Waals surface area contributed by atoms with Gasteiger partial charge in [-0.2, -0.15) is 4.72 Å². The van der Waals surface area contributed by atoms with Gasteiger partial charge in [-0.1, -0.05) is 0 Å². The van der Waals surface area contributed by atoms with Crippen LogP contribution in [0.5, 0.6) is 0 Å². The van der Waals surface area contributed by atoms with Crippen LogP contribution in [0.25, 0.3) is 0 Å². The molecule has 0 spiro atoms. The second kappa shape index (κ2) is 6.07. The van der Waals surface area contributed by atoms with Gasteiger partial charge in [-0.05, 0) is 32.0 Å². The number of nitrogens with one attached hydrogen (secondary N) is 1. The summed E-state index contributed by atoms with van der Waals surface area (Å²) in [5, 5.41) is 0. The van der Waals surface area contributed by atoms with Gasteiger partial charge < -0.3 is 4.74 Å². The van der Waals surface area contributed by atoms with E-state index in [9.17, 15) is 22.0 Å². The summed E-state index contributed by atoms with van der Waals surface area (Å²) in [6.07, 6.45) is 0. The summed E-state index contributed by atoms with van der Waals surface area (Å²) in [6, 6.07) is 0.824. The van der Waals surface area contributed by atoms with Gasteiger partial charge in [0.2, 0.25) is 10.0 Å². The SMILES string of the molecule is CCOC(=O)C(C)NS(=O)(=O)c1cc(F)ccc1F. The monoisotopic (exact) mass is 293 g/mol. The van der Waals surface area contributed by atoms with E-state index >= 15 is 0 Å². The summed E-state index contributed by atoms with van der Waals surface area (Å²) in [7, 11) is -4.34. The van der Waals surface area contributed by atoms with E-state index in [4.69, 9.17) is 0 Å². The maximum absolute atomic E-state index is 13.4. The van der Waals surface area contributed by atoms with E-state index in [-0.39, 0.29) is 6.61 Å². The minimum Gasteiger partial charge on any atom is -0.465 e. The molecule has 8 heteroatoms. The van der Waals surface area contributed by atoms with E-state index in [1.54, 1.807) is 6.92 Å². The molecular weight excluding hydrogens is 280 g/mol. The van der Waals surface area contributed by atoms with Crippen molar-refractivity contribution in [1.82, 2.24) is 4.72 Å². The zero-order valence-electron chi connectivity index (χ0n) is 10.3. The fourth-order valence-electron chi connectivity index (χ4n) is 1.29. The third kappa shape index (κ3) is 3.97. The second-order valence-electron chi connectivity index (χ2n) is 3.67. The van der Waals surface area contributed by atoms with Gasteiger partial charge in [0.25, 0.3) is 0 Å². The summed E-state index contributed by atoms with van der Waals surface area (Å²) in [5.41, 5.74) is 0. The van der Waals surface area contributed by atoms with Gasteiger partial charge >= 0.3 is 5.97 Å². The zero-order valence-corrected chi connectivity index (χ0v) is 11.1. The summed E-state index contributed by atoms with van der Waals surface area (Å²) < 4.78 is 56.4. The maximum atomic E-state index is 13.4. The smallest absolute Gasteiger partial charge is 0.323 e. The minimum absolute atomic E-state index is 0.0826. The fourth-order valence-corrected chi connectivity index (χ4v) is 2.58. The Balaban J connectivity index is 2.99. The fraction of sp³-hybridized carbons (Fsp3) is 0.364. The highest BCUT2D eigenvalue weighted by molar-refractivity contribution is 7.89. The molecule has 1 aromatic rings. The van der Waals surface area contributed by atoms with Crippen LogP contribution in [-0.4, -0.2) is 27.0 Å². The Morgan fingerprint density at radius 1 is 1.42 bits per heavy atom. The molecule has 1 unspecified atom stereocenters. The Kier molecular flexibility index (Phi) is 4.96. The number of ether oxygens (including phenoxy) is 1. The number of hydrogen-bond acceptors (Lipinski definition) is 4. The lowest BCUT2D eigenvalue weighted by Gasteiger charge is -2.13. The number of halogens is 2. The van der Waals surface area contributed by atoms with Crippen LogP contribution in [0.2, 0.25) is 0 Å². The molecule has 0 saturated carbocycles. The van der Waals surface area contributed by atoms with Crippen LogP contribution in [0.1, 0.15) is 13.8 Å². The van der Waals surface area contributed by atoms with Gasteiger partial charge in [0.15, 0.2) is 0 Å². The Labute approximate surface area is 109 Å². The topological polar surface area (TPSA) is 72.5 Å². The van der Waals surface area contributed by atoms with Gasteiger partial charge in [0.05, 0.1) is 6.61 Å². The molecule has 0 aliphatic heterocycles. The lowest BCUT2D eigenvalue weighted by molar-refractivity contribution is -0.144. The second-order valence-corrected chi connectivity index (χ2v) is 5.35. The van der Waals surface area contributed by atoms with Crippen LogP contribution in [0.4, 0.5) is 8.78 Å². The Morgan fingerprint density at radius 3 is 2.63 bits per heavy atom. The van der Waals surface area contributed by atoms with Crippen molar-refractivity contribution in [3.8, 4) is 0 Å². The standard InChI is InChI=1S/C11H13F2NO4S/c1-3-18-11(15)7(2)14-19(16,17)10-6-8(12)4-5-9(10)13/h4-7,14H,3H2,1-2H3. The average Bonchev–Trinajstić information content (AvgIpc) is 2.31. The number of carbonyl (C=O) groups excluding carboxylic acids is 1. The first kappa shape index (κ1) is 15.5. The number of esters is 1. The van der Waals surface area contributed by atoms with Crippen LogP contribution in [0, 0.1) is 11.6 Å². The van der Waals surface area contributed by atoms with Crippen LogP contribution < -0.4 is 4.72 Å². The molecule has 0 amide bonds. The van der Waals surface area contributed by atoms with Gasteiger partial charge in [-0.3, -0.25) is 4.79 Å². The third-order valence-electron chi connectivity index (χ3n) is 2.15. The normalized spacial score (nSPS) is 13.1. The van der Waals surface area contributed by atoms with Crippen molar-refractivity contribution in [1.29, 1.82) is 0 Å². The molecular formula is C11H13F2NO4S. The van der Waals surface area contributed by atoms with E-state index in [0.717, 1.165) is 6.07 Å². The Bertz CT molecular complexity index is 574. The summed E-state index contributed by atoms with van der Waals surface area (Å²) >= 11 is 0. The highest BCUT2D eigenvalue weighted by atomic mass is 32.2. The third-order valence-corrected chi connectivity index (χ3v) is 3.71. The predicted molar refractivity (Wildman–Crippen MR) is 62.8 cm³/mol. The molecule has 1 rings (SSSR count). The summed E-state index contributed by atoms with van der Waals surface area (Å²) in [5.74, 6) is -2.81. The largest absolute Gasteiger partial charge is 0.465 e. The number of rotatable bonds is 5. The molecule has 0 aliphatic rings. The first-order valence-corrected chi connectivity index (χ1v) is 6.90. The number of carbonyl (C=O) groups is 1. The van der Waals surface area contributed by atoms with Crippen LogP contribution in [0.15, 0.2) is 23.1 Å². The van der Waals surface area contributed by atoms with Crippen LogP contribution >= 0.6 is 0 Å². The quantitative estimate of drug-likeness (QED) is 0.828. The van der Waals surface area contributed by atoms with Crippen LogP contribution in [0.3, 0.4) is 0 Å². The molecule has 0 fully saturated rings. The molecule has 0 heterocycles. The van der Waals surface area contributed by atoms with Crippen molar-refractivity contribution in [2.24, 2.45) is 0 Å². The number of benzene rings is 1. The first-order valence-electron chi connectivity index (χ1n) is 5.42. The van der Waals surface area contributed by atoms with E-state index in [0.29, 0.717) is 12.1 Å². The van der Waals surface area contributed by atoms with E-state index in [1.165, 1.54) is 6.92 Å². The first-order chi connectivity index (χ1) is 8.77. The number of hydrogen-bond donors (Lipinski definition) is 1. The van der Waals surface area contributed by atoms with E-state index in [2.05, 4.69) is 4.74 Å². The van der Waals surface area contributed by atoms with Crippen molar-refractivity contribution in [3.63, 3.8) is 0 Å². The van der Waals surface area contributed by atoms with Crippen molar-refractivity contribution in [3.05, 3.63) is 29.8 Å². The van der Waals surface area contributed by atoms with Crippen LogP contribution in [-0.2, 0) is 19.6 Å². The lowest BCUT2D eigenvalue weighted by atomic mass is 10.3. The molecule has 106 valence electrons. The molecule has 0 radical (unpaired) electrons. The predicted octanol–water partition coefficient (Wildman–Crippen LogP) is 1.19. The average molecular weight is 293 g/mol. The van der Waals surface area contributed by atoms with E-state index < -0.39 is 38.6 Å². The molecule has 1 aromatic carbocycles. The Hall–Kier alpha value is -1.54. The van der Waals surface area contributed by atoms with Crippen molar-refractivity contribution >= 4 is 16.0 Å². The molecule has 1 N–H and O–H groups in total. The van der Waals surface area contributed by atoms with Gasteiger partial charge in [-0.25, -0.2) is 17.2 Å². The van der Waals surface area contributed by atoms with E-state index in [1.807, 2.05) is 4.72 Å². The molecule has 0 saturated heterocycles. The molecule has 0 bridgehead atoms. The van der Waals surface area contributed by atoms with Gasteiger partial charge in [-0.15, -0.1) is 0 Å². The van der Waals surface area contributed by atoms with Crippen molar-refractivity contribution in [2.75, 3.05) is 6.61 Å². The summed E-state index contributed by atoms with van der Waals surface area (Å²) in [6.45, 7) is 2.89. The molecule has 0 aliphatic carbocycles. The summed E-state index contributed by atoms with van der Waals surface area (Å²) in [4.78, 5) is 10.4. The number of sulfonamides is 1. The molecule has 19 heavy (non-hydrogen) atoms. The van der Waals surface area contributed by atoms with Gasteiger partial charge in [0.1, 0.15) is 22.6 Å². The van der Waals surface area contributed by atoms with Crippen molar-refractivity contribution < 1.29 is 26.7 Å². The van der Waals surface area contributed by atoms with Crippen molar-refractivity contribution in [2.45, 2.75) is 24.8 Å². The molecule has 5 nitrogen and oxygen atoms in total. The lowest BCUT2D eigenvalue weighted by Crippen LogP contribution is -2.39. The van der Waals surface area contributed by atoms with Gasteiger partial charge in [0, 0.05) is 0 Å². The Morgan fingerprint density at radius 2 is 2.05 bits per heavy atom. The highest BCUT2D eigenvalue weighted by Gasteiger charge is 2.25. The minimum atomic E-state index is -4.34. The molecule has 0 aromatic heterocycles. The zero-order chi connectivity index (χ0) is 14.6. The molecule has 1 atom stereocenters.